The molecule has 0 aromatic carbocycles. The van der Waals surface area contributed by atoms with Crippen LogP contribution in [0.1, 0.15) is 32.1 Å². The fraction of sp³-hybridized carbons (Fsp3) is 0.909. The maximum atomic E-state index is 11.7. The van der Waals surface area contributed by atoms with Gasteiger partial charge in [0.25, 0.3) is 0 Å². The molecule has 1 amide bonds. The van der Waals surface area contributed by atoms with Crippen LogP contribution in [-0.2, 0) is 9.53 Å². The van der Waals surface area contributed by atoms with E-state index in [-0.39, 0.29) is 12.5 Å². The SMILES string of the molecule is COCC(=O)N1CCC2CCCCC21. The largest absolute Gasteiger partial charge is 0.375 e. The molecule has 14 heavy (non-hydrogen) atoms. The van der Waals surface area contributed by atoms with Gasteiger partial charge in [0.1, 0.15) is 6.61 Å². The molecule has 1 saturated carbocycles. The number of hydrogen-bond donors (Lipinski definition) is 0. The second-order valence-corrected chi connectivity index (χ2v) is 4.42. The van der Waals surface area contributed by atoms with Crippen LogP contribution in [0.2, 0.25) is 0 Å². The summed E-state index contributed by atoms with van der Waals surface area (Å²) < 4.78 is 4.90. The van der Waals surface area contributed by atoms with Gasteiger partial charge < -0.3 is 9.64 Å². The van der Waals surface area contributed by atoms with Crippen molar-refractivity contribution in [3.8, 4) is 0 Å². The van der Waals surface area contributed by atoms with Gasteiger partial charge in [-0.2, -0.15) is 0 Å². The highest BCUT2D eigenvalue weighted by molar-refractivity contribution is 5.78. The van der Waals surface area contributed by atoms with Crippen molar-refractivity contribution in [1.82, 2.24) is 4.90 Å². The van der Waals surface area contributed by atoms with E-state index in [1.807, 2.05) is 4.90 Å². The third kappa shape index (κ3) is 1.78. The number of nitrogens with zero attached hydrogens (tertiary/aromatic N) is 1. The average Bonchev–Trinajstić information content (AvgIpc) is 2.61. The summed E-state index contributed by atoms with van der Waals surface area (Å²) in [5.41, 5.74) is 0. The molecule has 2 aliphatic rings. The first kappa shape index (κ1) is 9.97. The topological polar surface area (TPSA) is 29.5 Å². The van der Waals surface area contributed by atoms with Gasteiger partial charge >= 0.3 is 0 Å². The van der Waals surface area contributed by atoms with Crippen LogP contribution in [0.4, 0.5) is 0 Å². The average molecular weight is 197 g/mol. The van der Waals surface area contributed by atoms with Crippen LogP contribution in [0.25, 0.3) is 0 Å². The Labute approximate surface area is 85.4 Å². The molecule has 2 fully saturated rings. The molecule has 1 aliphatic carbocycles. The first-order chi connectivity index (χ1) is 6.83. The van der Waals surface area contributed by atoms with Crippen LogP contribution in [0, 0.1) is 5.92 Å². The van der Waals surface area contributed by atoms with E-state index in [1.54, 1.807) is 7.11 Å². The van der Waals surface area contributed by atoms with Crippen molar-refractivity contribution < 1.29 is 9.53 Å². The zero-order chi connectivity index (χ0) is 9.97. The number of carbonyl (C=O) groups excluding carboxylic acids is 1. The van der Waals surface area contributed by atoms with Crippen molar-refractivity contribution in [3.63, 3.8) is 0 Å². The van der Waals surface area contributed by atoms with Crippen molar-refractivity contribution in [2.45, 2.75) is 38.1 Å². The third-order valence-electron chi connectivity index (χ3n) is 3.60. The first-order valence-corrected chi connectivity index (χ1v) is 5.61. The van der Waals surface area contributed by atoms with Gasteiger partial charge in [0.05, 0.1) is 0 Å². The standard InChI is InChI=1S/C11H19NO2/c1-14-8-11(13)12-7-6-9-4-2-3-5-10(9)12/h9-10H,2-8H2,1H3. The number of rotatable bonds is 2. The lowest BCUT2D eigenvalue weighted by Gasteiger charge is -2.31. The van der Waals surface area contributed by atoms with Gasteiger partial charge in [-0.05, 0) is 25.2 Å². The minimum atomic E-state index is 0.182. The van der Waals surface area contributed by atoms with E-state index in [0.29, 0.717) is 6.04 Å². The van der Waals surface area contributed by atoms with Gasteiger partial charge in [-0.3, -0.25) is 4.79 Å². The number of hydrogen-bond acceptors (Lipinski definition) is 2. The molecule has 2 unspecified atom stereocenters. The van der Waals surface area contributed by atoms with E-state index in [4.69, 9.17) is 4.74 Å². The van der Waals surface area contributed by atoms with Crippen LogP contribution >= 0.6 is 0 Å². The summed E-state index contributed by atoms with van der Waals surface area (Å²) in [6.45, 7) is 1.21. The number of methoxy groups -OCH3 is 1. The first-order valence-electron chi connectivity index (χ1n) is 5.61. The smallest absolute Gasteiger partial charge is 0.248 e. The summed E-state index contributed by atoms with van der Waals surface area (Å²) in [4.78, 5) is 13.8. The lowest BCUT2D eigenvalue weighted by Crippen LogP contribution is -2.40. The summed E-state index contributed by atoms with van der Waals surface area (Å²) in [6, 6.07) is 0.534. The molecule has 2 rings (SSSR count). The Morgan fingerprint density at radius 3 is 2.93 bits per heavy atom. The summed E-state index contributed by atoms with van der Waals surface area (Å²) >= 11 is 0. The quantitative estimate of drug-likeness (QED) is 0.670. The van der Waals surface area contributed by atoms with E-state index in [9.17, 15) is 4.79 Å². The minimum Gasteiger partial charge on any atom is -0.375 e. The van der Waals surface area contributed by atoms with Crippen molar-refractivity contribution in [2.75, 3.05) is 20.3 Å². The fourth-order valence-electron chi connectivity index (χ4n) is 2.92. The molecule has 0 radical (unpaired) electrons. The van der Waals surface area contributed by atoms with Crippen molar-refractivity contribution in [1.29, 1.82) is 0 Å². The van der Waals surface area contributed by atoms with Gasteiger partial charge in [0, 0.05) is 19.7 Å². The van der Waals surface area contributed by atoms with Crippen molar-refractivity contribution >= 4 is 5.91 Å². The second kappa shape index (κ2) is 4.30. The molecular weight excluding hydrogens is 178 g/mol. The lowest BCUT2D eigenvalue weighted by atomic mass is 9.85. The monoisotopic (exact) mass is 197 g/mol. The minimum absolute atomic E-state index is 0.182. The zero-order valence-electron chi connectivity index (χ0n) is 8.87. The number of ether oxygens (including phenoxy) is 1. The van der Waals surface area contributed by atoms with Gasteiger partial charge in [0.2, 0.25) is 5.91 Å². The second-order valence-electron chi connectivity index (χ2n) is 4.42. The van der Waals surface area contributed by atoms with Gasteiger partial charge in [-0.15, -0.1) is 0 Å². The van der Waals surface area contributed by atoms with Crippen molar-refractivity contribution in [2.24, 2.45) is 5.92 Å². The Bertz CT molecular complexity index is 217. The predicted octanol–water partition coefficient (Wildman–Crippen LogP) is 1.42. The van der Waals surface area contributed by atoms with Gasteiger partial charge in [-0.25, -0.2) is 0 Å². The molecule has 0 N–H and O–H groups in total. The van der Waals surface area contributed by atoms with Crippen LogP contribution in [-0.4, -0.2) is 37.1 Å². The molecule has 1 heterocycles. The summed E-state index contributed by atoms with van der Waals surface area (Å²) in [5.74, 6) is 0.964. The summed E-state index contributed by atoms with van der Waals surface area (Å²) in [6.07, 6.45) is 6.38. The maximum Gasteiger partial charge on any atom is 0.248 e. The number of amides is 1. The Morgan fingerprint density at radius 2 is 2.14 bits per heavy atom. The van der Waals surface area contributed by atoms with E-state index >= 15 is 0 Å². The molecule has 0 aromatic heterocycles. The van der Waals surface area contributed by atoms with E-state index in [1.165, 1.54) is 32.1 Å². The Balaban J connectivity index is 1.96. The molecule has 2 atom stereocenters. The molecule has 0 spiro atoms. The van der Waals surface area contributed by atoms with E-state index < -0.39 is 0 Å². The molecule has 1 saturated heterocycles. The van der Waals surface area contributed by atoms with Gasteiger partial charge in [0.15, 0.2) is 0 Å². The molecular formula is C11H19NO2. The lowest BCUT2D eigenvalue weighted by molar-refractivity contribution is -0.136. The molecule has 80 valence electrons. The predicted molar refractivity (Wildman–Crippen MR) is 54.0 cm³/mol. The maximum absolute atomic E-state index is 11.7. The Kier molecular flexibility index (Phi) is 3.06. The highest BCUT2D eigenvalue weighted by Crippen LogP contribution is 2.35. The van der Waals surface area contributed by atoms with Crippen LogP contribution in [0.15, 0.2) is 0 Å². The van der Waals surface area contributed by atoms with Crippen LogP contribution in [0.3, 0.4) is 0 Å². The highest BCUT2D eigenvalue weighted by Gasteiger charge is 2.37. The number of fused-ring (bicyclic) bond motifs is 1. The Morgan fingerprint density at radius 1 is 1.36 bits per heavy atom. The zero-order valence-corrected chi connectivity index (χ0v) is 8.87. The molecule has 3 nitrogen and oxygen atoms in total. The van der Waals surface area contributed by atoms with Crippen molar-refractivity contribution in [3.05, 3.63) is 0 Å². The van der Waals surface area contributed by atoms with Gasteiger partial charge in [-0.1, -0.05) is 12.8 Å². The molecule has 1 aliphatic heterocycles. The number of likely N-dealkylation sites (tertiary alicyclic amines) is 1. The summed E-state index contributed by atoms with van der Waals surface area (Å²) in [5, 5.41) is 0. The molecule has 3 heteroatoms. The van der Waals surface area contributed by atoms with E-state index in [2.05, 4.69) is 0 Å². The molecule has 0 bridgehead atoms. The normalized spacial score (nSPS) is 31.6. The van der Waals surface area contributed by atoms with Crippen LogP contribution in [0.5, 0.6) is 0 Å². The molecule has 0 aromatic rings. The Hall–Kier alpha value is -0.570. The third-order valence-corrected chi connectivity index (χ3v) is 3.60. The number of carbonyl (C=O) groups is 1. The fourth-order valence-corrected chi connectivity index (χ4v) is 2.92. The van der Waals surface area contributed by atoms with E-state index in [0.717, 1.165) is 12.5 Å². The highest BCUT2D eigenvalue weighted by atomic mass is 16.5. The van der Waals surface area contributed by atoms with Crippen LogP contribution < -0.4 is 0 Å². The summed E-state index contributed by atoms with van der Waals surface area (Å²) in [7, 11) is 1.59.